The first kappa shape index (κ1) is 15.6. The predicted octanol–water partition coefficient (Wildman–Crippen LogP) is 5.17. The number of carbonyl (C=O) groups excluding carboxylic acids is 1. The lowest BCUT2D eigenvalue weighted by Gasteiger charge is -2.07. The van der Waals surface area contributed by atoms with Gasteiger partial charge in [0.2, 0.25) is 0 Å². The van der Waals surface area contributed by atoms with Crippen LogP contribution in [0, 0.1) is 0 Å². The van der Waals surface area contributed by atoms with Crippen LogP contribution in [0.15, 0.2) is 48.5 Å². The van der Waals surface area contributed by atoms with E-state index < -0.39 is 11.7 Å². The summed E-state index contributed by atoms with van der Waals surface area (Å²) in [5.41, 5.74) is 0.429. The Hall–Kier alpha value is -1.81. The van der Waals surface area contributed by atoms with E-state index in [-0.39, 0.29) is 12.2 Å². The second-order valence-corrected chi connectivity index (χ2v) is 5.00. The van der Waals surface area contributed by atoms with E-state index in [9.17, 15) is 18.0 Å². The maximum absolute atomic E-state index is 12.4. The quantitative estimate of drug-likeness (QED) is 0.711. The molecule has 0 aliphatic rings. The van der Waals surface area contributed by atoms with Crippen molar-refractivity contribution in [2.24, 2.45) is 0 Å². The summed E-state index contributed by atoms with van der Waals surface area (Å²) in [5, 5.41) is 0.384. The van der Waals surface area contributed by atoms with Crippen molar-refractivity contribution >= 4 is 17.4 Å². The van der Waals surface area contributed by atoms with Gasteiger partial charge in [0.25, 0.3) is 0 Å². The van der Waals surface area contributed by atoms with Crippen molar-refractivity contribution in [3.8, 4) is 0 Å². The normalized spacial score (nSPS) is 11.4. The van der Waals surface area contributed by atoms with Gasteiger partial charge in [0.15, 0.2) is 5.78 Å². The zero-order valence-corrected chi connectivity index (χ0v) is 11.7. The molecule has 0 fully saturated rings. The van der Waals surface area contributed by atoms with E-state index in [4.69, 9.17) is 11.6 Å². The summed E-state index contributed by atoms with van der Waals surface area (Å²) in [7, 11) is 0. The first-order chi connectivity index (χ1) is 9.88. The van der Waals surface area contributed by atoms with E-state index >= 15 is 0 Å². The van der Waals surface area contributed by atoms with Gasteiger partial charge in [-0.1, -0.05) is 35.9 Å². The molecule has 0 amide bonds. The SMILES string of the molecule is O=C(CCc1ccc(C(F)(F)F)cc1)c1ccccc1Cl. The molecule has 0 aliphatic heterocycles. The van der Waals surface area contributed by atoms with Gasteiger partial charge in [-0.2, -0.15) is 13.2 Å². The van der Waals surface area contributed by atoms with Crippen LogP contribution in [0.5, 0.6) is 0 Å². The molecule has 0 N–H and O–H groups in total. The van der Waals surface area contributed by atoms with Crippen LogP contribution in [0.3, 0.4) is 0 Å². The molecule has 0 saturated heterocycles. The highest BCUT2D eigenvalue weighted by molar-refractivity contribution is 6.33. The number of aryl methyl sites for hydroxylation is 1. The van der Waals surface area contributed by atoms with Gasteiger partial charge in [-0.05, 0) is 36.2 Å². The van der Waals surface area contributed by atoms with Gasteiger partial charge in [-0.25, -0.2) is 0 Å². The third-order valence-corrected chi connectivity index (χ3v) is 3.43. The summed E-state index contributed by atoms with van der Waals surface area (Å²) >= 11 is 5.93. The van der Waals surface area contributed by atoms with Gasteiger partial charge < -0.3 is 0 Å². The molecule has 0 atom stereocenters. The Morgan fingerprint density at radius 2 is 1.62 bits per heavy atom. The smallest absolute Gasteiger partial charge is 0.294 e. The fourth-order valence-corrected chi connectivity index (χ4v) is 2.18. The highest BCUT2D eigenvalue weighted by atomic mass is 35.5. The summed E-state index contributed by atoms with van der Waals surface area (Å²) in [5.74, 6) is -0.125. The predicted molar refractivity (Wildman–Crippen MR) is 75.5 cm³/mol. The lowest BCUT2D eigenvalue weighted by atomic mass is 10.0. The van der Waals surface area contributed by atoms with Crippen LogP contribution in [-0.4, -0.2) is 5.78 Å². The topological polar surface area (TPSA) is 17.1 Å². The molecule has 1 nitrogen and oxygen atoms in total. The second-order valence-electron chi connectivity index (χ2n) is 4.60. The summed E-state index contributed by atoms with van der Waals surface area (Å²) in [6.45, 7) is 0. The Labute approximate surface area is 125 Å². The number of hydrogen-bond acceptors (Lipinski definition) is 1. The molecule has 2 rings (SSSR count). The number of ketones is 1. The summed E-state index contributed by atoms with van der Waals surface area (Å²) < 4.78 is 37.3. The lowest BCUT2D eigenvalue weighted by molar-refractivity contribution is -0.137. The molecule has 2 aromatic carbocycles. The Morgan fingerprint density at radius 3 is 2.19 bits per heavy atom. The molecule has 5 heteroatoms. The molecule has 0 bridgehead atoms. The number of halogens is 4. The van der Waals surface area contributed by atoms with Gasteiger partial charge in [0.1, 0.15) is 0 Å². The van der Waals surface area contributed by atoms with E-state index in [1.54, 1.807) is 24.3 Å². The fourth-order valence-electron chi connectivity index (χ4n) is 1.94. The van der Waals surface area contributed by atoms with Crippen molar-refractivity contribution in [3.05, 3.63) is 70.2 Å². The van der Waals surface area contributed by atoms with Crippen LogP contribution >= 0.6 is 11.6 Å². The molecule has 0 spiro atoms. The van der Waals surface area contributed by atoms with Gasteiger partial charge in [-0.3, -0.25) is 4.79 Å². The minimum Gasteiger partial charge on any atom is -0.294 e. The molecule has 0 radical (unpaired) electrons. The number of alkyl halides is 3. The minimum absolute atomic E-state index is 0.125. The lowest BCUT2D eigenvalue weighted by Crippen LogP contribution is -2.05. The van der Waals surface area contributed by atoms with E-state index in [1.807, 2.05) is 0 Å². The second kappa shape index (κ2) is 6.31. The molecule has 0 unspecified atom stereocenters. The van der Waals surface area contributed by atoms with Crippen molar-refractivity contribution in [2.75, 3.05) is 0 Å². The van der Waals surface area contributed by atoms with Crippen LogP contribution in [0.2, 0.25) is 5.02 Å². The van der Waals surface area contributed by atoms with Crippen molar-refractivity contribution in [1.82, 2.24) is 0 Å². The number of benzene rings is 2. The zero-order valence-electron chi connectivity index (χ0n) is 11.0. The highest BCUT2D eigenvalue weighted by Crippen LogP contribution is 2.29. The summed E-state index contributed by atoms with van der Waals surface area (Å²) in [6.07, 6.45) is -3.76. The average molecular weight is 313 g/mol. The number of rotatable bonds is 4. The standard InChI is InChI=1S/C16H12ClF3O/c17-14-4-2-1-3-13(14)15(21)10-7-11-5-8-12(9-6-11)16(18,19)20/h1-6,8-9H,7,10H2. The van der Waals surface area contributed by atoms with Crippen molar-refractivity contribution in [3.63, 3.8) is 0 Å². The van der Waals surface area contributed by atoms with Crippen LogP contribution < -0.4 is 0 Å². The van der Waals surface area contributed by atoms with Crippen LogP contribution in [0.25, 0.3) is 0 Å². The maximum atomic E-state index is 12.4. The van der Waals surface area contributed by atoms with E-state index in [0.29, 0.717) is 22.6 Å². The van der Waals surface area contributed by atoms with E-state index in [1.165, 1.54) is 12.1 Å². The fraction of sp³-hybridized carbons (Fsp3) is 0.188. The van der Waals surface area contributed by atoms with Gasteiger partial charge in [0, 0.05) is 12.0 Å². The summed E-state index contributed by atoms with van der Waals surface area (Å²) in [6, 6.07) is 11.5. The van der Waals surface area contributed by atoms with Gasteiger partial charge >= 0.3 is 6.18 Å². The van der Waals surface area contributed by atoms with Crippen LogP contribution in [0.4, 0.5) is 13.2 Å². The number of Topliss-reactive ketones (excluding diaryl/α,β-unsaturated/α-hetero) is 1. The maximum Gasteiger partial charge on any atom is 0.416 e. The highest BCUT2D eigenvalue weighted by Gasteiger charge is 2.29. The third-order valence-electron chi connectivity index (χ3n) is 3.10. The van der Waals surface area contributed by atoms with E-state index in [2.05, 4.69) is 0 Å². The number of carbonyl (C=O) groups is 1. The Bertz CT molecular complexity index is 633. The first-order valence-corrected chi connectivity index (χ1v) is 6.69. The Morgan fingerprint density at radius 1 is 1.00 bits per heavy atom. The van der Waals surface area contributed by atoms with Crippen molar-refractivity contribution in [1.29, 1.82) is 0 Å². The van der Waals surface area contributed by atoms with E-state index in [0.717, 1.165) is 12.1 Å². The Kier molecular flexibility index (Phi) is 4.68. The molecule has 21 heavy (non-hydrogen) atoms. The molecule has 2 aromatic rings. The first-order valence-electron chi connectivity index (χ1n) is 6.32. The minimum atomic E-state index is -4.34. The zero-order chi connectivity index (χ0) is 15.5. The summed E-state index contributed by atoms with van der Waals surface area (Å²) in [4.78, 5) is 12.0. The molecular formula is C16H12ClF3O. The molecule has 0 aliphatic carbocycles. The molecule has 0 heterocycles. The number of hydrogen-bond donors (Lipinski definition) is 0. The molecule has 0 aromatic heterocycles. The van der Waals surface area contributed by atoms with Gasteiger partial charge in [-0.15, -0.1) is 0 Å². The average Bonchev–Trinajstić information content (AvgIpc) is 2.45. The monoisotopic (exact) mass is 312 g/mol. The molecule has 110 valence electrons. The van der Waals surface area contributed by atoms with Crippen LogP contribution in [-0.2, 0) is 12.6 Å². The largest absolute Gasteiger partial charge is 0.416 e. The molecule has 0 saturated carbocycles. The van der Waals surface area contributed by atoms with Crippen molar-refractivity contribution in [2.45, 2.75) is 19.0 Å². The Balaban J connectivity index is 2.00. The third kappa shape index (κ3) is 4.08. The van der Waals surface area contributed by atoms with Gasteiger partial charge in [0.05, 0.1) is 10.6 Å². The van der Waals surface area contributed by atoms with Crippen LogP contribution in [0.1, 0.15) is 27.9 Å². The molecular weight excluding hydrogens is 301 g/mol. The van der Waals surface area contributed by atoms with Crippen molar-refractivity contribution < 1.29 is 18.0 Å².